The molecule has 0 saturated heterocycles. The topological polar surface area (TPSA) is 110 Å². The number of pyridine rings is 1. The zero-order valence-electron chi connectivity index (χ0n) is 20.6. The Balaban J connectivity index is 1.61. The average Bonchev–Trinajstić information content (AvgIpc) is 3.38. The molecule has 37 heavy (non-hydrogen) atoms. The lowest BCUT2D eigenvalue weighted by Crippen LogP contribution is -2.40. The Hall–Kier alpha value is -3.73. The Morgan fingerprint density at radius 2 is 1.68 bits per heavy atom. The first-order valence-electron chi connectivity index (χ1n) is 11.7. The third kappa shape index (κ3) is 5.66. The molecule has 2 aromatic carbocycles. The number of nitrogens with zero attached hydrogens (tertiary/aromatic N) is 4. The highest BCUT2D eigenvalue weighted by Crippen LogP contribution is 2.35. The summed E-state index contributed by atoms with van der Waals surface area (Å²) < 4.78 is 28.2. The van der Waals surface area contributed by atoms with Crippen molar-refractivity contribution in [3.8, 4) is 21.8 Å². The summed E-state index contributed by atoms with van der Waals surface area (Å²) in [7, 11) is -3.77. The van der Waals surface area contributed by atoms with Gasteiger partial charge in [-0.2, -0.15) is 0 Å². The molecule has 8 nitrogen and oxygen atoms in total. The molecule has 0 unspecified atom stereocenters. The Kier molecular flexibility index (Phi) is 6.72. The maximum atomic E-state index is 12.8. The van der Waals surface area contributed by atoms with Gasteiger partial charge in [-0.05, 0) is 50.1 Å². The molecule has 0 bridgehead atoms. The van der Waals surface area contributed by atoms with E-state index in [1.165, 1.54) is 6.20 Å². The van der Waals surface area contributed by atoms with Gasteiger partial charge < -0.3 is 5.32 Å². The molecule has 0 aliphatic rings. The second-order valence-corrected chi connectivity index (χ2v) is 12.4. The molecule has 5 rings (SSSR count). The molecule has 0 saturated carbocycles. The number of benzene rings is 2. The zero-order chi connectivity index (χ0) is 26.0. The fourth-order valence-corrected chi connectivity index (χ4v) is 6.39. The molecule has 0 fully saturated rings. The summed E-state index contributed by atoms with van der Waals surface area (Å²) in [5.41, 5.74) is 3.02. The third-order valence-corrected chi connectivity index (χ3v) is 8.49. The van der Waals surface area contributed by atoms with Crippen LogP contribution >= 0.6 is 11.3 Å². The van der Waals surface area contributed by atoms with Gasteiger partial charge in [-0.25, -0.2) is 28.1 Å². The fourth-order valence-electron chi connectivity index (χ4n) is 3.89. The number of hydrogen-bond donors (Lipinski definition) is 2. The molecule has 3 heterocycles. The number of thiazole rings is 1. The van der Waals surface area contributed by atoms with Crippen LogP contribution in [0.1, 0.15) is 26.5 Å². The predicted octanol–water partition coefficient (Wildman–Crippen LogP) is 5.50. The van der Waals surface area contributed by atoms with Crippen molar-refractivity contribution in [3.05, 3.63) is 84.8 Å². The molecule has 2 N–H and O–H groups in total. The average molecular weight is 531 g/mol. The summed E-state index contributed by atoms with van der Waals surface area (Å²) in [5, 5.41) is 4.31. The van der Waals surface area contributed by atoms with E-state index < -0.39 is 15.6 Å². The van der Waals surface area contributed by atoms with Crippen LogP contribution in [0.25, 0.3) is 32.7 Å². The van der Waals surface area contributed by atoms with E-state index in [0.29, 0.717) is 23.1 Å². The number of nitrogens with one attached hydrogen (secondary N) is 2. The molecule has 0 atom stereocenters. The Morgan fingerprint density at radius 3 is 2.41 bits per heavy atom. The summed E-state index contributed by atoms with van der Waals surface area (Å²) in [6.07, 6.45) is 3.26. The van der Waals surface area contributed by atoms with E-state index >= 15 is 0 Å². The second-order valence-electron chi connectivity index (χ2n) is 9.48. The summed E-state index contributed by atoms with van der Waals surface area (Å²) in [5.74, 6) is 1.03. The summed E-state index contributed by atoms with van der Waals surface area (Å²) in [4.78, 5) is 18.8. The molecular weight excluding hydrogens is 504 g/mol. The van der Waals surface area contributed by atoms with Crippen molar-refractivity contribution in [1.29, 1.82) is 0 Å². The van der Waals surface area contributed by atoms with Crippen LogP contribution in [0.2, 0.25) is 0 Å². The molecule has 0 spiro atoms. The van der Waals surface area contributed by atoms with Crippen LogP contribution in [0.4, 0.5) is 5.82 Å². The molecule has 0 aliphatic carbocycles. The zero-order valence-corrected chi connectivity index (χ0v) is 22.3. The van der Waals surface area contributed by atoms with Gasteiger partial charge in [-0.15, -0.1) is 0 Å². The van der Waals surface area contributed by atoms with Gasteiger partial charge in [0.15, 0.2) is 5.82 Å². The lowest BCUT2D eigenvalue weighted by Gasteiger charge is -2.18. The quantitative estimate of drug-likeness (QED) is 0.286. The van der Waals surface area contributed by atoms with E-state index in [2.05, 4.69) is 20.0 Å². The molecule has 188 valence electrons. The monoisotopic (exact) mass is 530 g/mol. The first-order chi connectivity index (χ1) is 17.7. The maximum absolute atomic E-state index is 12.8. The normalized spacial score (nSPS) is 12.1. The van der Waals surface area contributed by atoms with Gasteiger partial charge in [0.2, 0.25) is 4.34 Å². The summed E-state index contributed by atoms with van der Waals surface area (Å²) in [6, 6.07) is 21.8. The fraction of sp³-hybridized carbons (Fsp3) is 0.185. The van der Waals surface area contributed by atoms with Gasteiger partial charge in [-0.1, -0.05) is 59.9 Å². The van der Waals surface area contributed by atoms with Crippen LogP contribution in [0, 0.1) is 0 Å². The molecular formula is C27H26N6O2S2. The Labute approximate surface area is 219 Å². The number of sulfonamides is 1. The molecule has 5 aromatic rings. The highest BCUT2D eigenvalue weighted by atomic mass is 32.2. The van der Waals surface area contributed by atoms with Crippen LogP contribution in [-0.2, 0) is 16.6 Å². The minimum absolute atomic E-state index is 0.0258. The number of fused-ring (bicyclic) bond motifs is 1. The lowest BCUT2D eigenvalue weighted by atomic mass is 10.0. The van der Waals surface area contributed by atoms with E-state index in [1.54, 1.807) is 27.0 Å². The van der Waals surface area contributed by atoms with Gasteiger partial charge >= 0.3 is 0 Å². The van der Waals surface area contributed by atoms with Crippen LogP contribution < -0.4 is 10.0 Å². The van der Waals surface area contributed by atoms with Gasteiger partial charge in [0.05, 0.1) is 34.2 Å². The smallest absolute Gasteiger partial charge is 0.268 e. The van der Waals surface area contributed by atoms with Crippen LogP contribution in [0.3, 0.4) is 0 Å². The van der Waals surface area contributed by atoms with Crippen LogP contribution in [0.5, 0.6) is 0 Å². The summed E-state index contributed by atoms with van der Waals surface area (Å²) in [6.45, 7) is 5.83. The van der Waals surface area contributed by atoms with Gasteiger partial charge in [0.25, 0.3) is 10.0 Å². The van der Waals surface area contributed by atoms with Crippen molar-refractivity contribution in [1.82, 2.24) is 24.7 Å². The standard InChI is InChI=1S/C27H26N6O2S2/c1-27(2,3)33-37(34,35)26-30-17-22(36-26)24-31-21-14-9-13-20(18-10-5-4-6-11-18)23(21)25(32-24)29-16-19-12-7-8-15-28-19/h4-15,17,33H,16H2,1-3H3,(H,29,31,32). The molecule has 10 heteroatoms. The Bertz CT molecular complexity index is 1650. The van der Waals surface area contributed by atoms with E-state index in [1.807, 2.05) is 66.7 Å². The van der Waals surface area contributed by atoms with E-state index in [0.717, 1.165) is 39.1 Å². The SMILES string of the molecule is CC(C)(C)NS(=O)(=O)c1ncc(-c2nc(NCc3ccccn3)c3c(-c4ccccc4)cccc3n2)s1. The third-order valence-electron chi connectivity index (χ3n) is 5.35. The van der Waals surface area contributed by atoms with Crippen molar-refractivity contribution >= 4 is 38.1 Å². The number of anilines is 1. The second kappa shape index (κ2) is 9.97. The Morgan fingerprint density at radius 1 is 0.892 bits per heavy atom. The minimum atomic E-state index is -3.77. The highest BCUT2D eigenvalue weighted by Gasteiger charge is 2.26. The predicted molar refractivity (Wildman–Crippen MR) is 148 cm³/mol. The van der Waals surface area contributed by atoms with Crippen molar-refractivity contribution < 1.29 is 8.42 Å². The highest BCUT2D eigenvalue weighted by molar-refractivity contribution is 7.91. The van der Waals surface area contributed by atoms with Crippen LogP contribution in [0.15, 0.2) is 83.5 Å². The van der Waals surface area contributed by atoms with Gasteiger partial charge in [0, 0.05) is 11.7 Å². The van der Waals surface area contributed by atoms with Crippen LogP contribution in [-0.4, -0.2) is 33.9 Å². The minimum Gasteiger partial charge on any atom is -0.364 e. The molecule has 0 aliphatic heterocycles. The van der Waals surface area contributed by atoms with E-state index in [9.17, 15) is 8.42 Å². The van der Waals surface area contributed by atoms with Crippen molar-refractivity contribution in [2.75, 3.05) is 5.32 Å². The number of hydrogen-bond acceptors (Lipinski definition) is 8. The van der Waals surface area contributed by atoms with E-state index in [-0.39, 0.29) is 4.34 Å². The first kappa shape index (κ1) is 24.9. The largest absolute Gasteiger partial charge is 0.364 e. The molecule has 0 radical (unpaired) electrons. The van der Waals surface area contributed by atoms with E-state index in [4.69, 9.17) is 9.97 Å². The molecule has 0 amide bonds. The first-order valence-corrected chi connectivity index (χ1v) is 14.0. The van der Waals surface area contributed by atoms with Crippen molar-refractivity contribution in [3.63, 3.8) is 0 Å². The van der Waals surface area contributed by atoms with Crippen molar-refractivity contribution in [2.24, 2.45) is 0 Å². The number of aromatic nitrogens is 4. The lowest BCUT2D eigenvalue weighted by molar-refractivity contribution is 0.491. The van der Waals surface area contributed by atoms with Crippen molar-refractivity contribution in [2.45, 2.75) is 37.2 Å². The summed E-state index contributed by atoms with van der Waals surface area (Å²) >= 11 is 1.04. The number of rotatable bonds is 7. The maximum Gasteiger partial charge on any atom is 0.268 e. The molecule has 3 aromatic heterocycles. The van der Waals surface area contributed by atoms with Gasteiger partial charge in [-0.3, -0.25) is 4.98 Å². The van der Waals surface area contributed by atoms with Gasteiger partial charge in [0.1, 0.15) is 5.82 Å².